The average Bonchev–Trinajstić information content (AvgIpc) is 3.01. The molecule has 0 radical (unpaired) electrons. The van der Waals surface area contributed by atoms with Gasteiger partial charge in [-0.3, -0.25) is 4.98 Å². The van der Waals surface area contributed by atoms with E-state index in [2.05, 4.69) is 9.88 Å². The molecule has 2 heterocycles. The molecule has 7 nitrogen and oxygen atoms in total. The van der Waals surface area contributed by atoms with Crippen molar-refractivity contribution in [3.8, 4) is 0 Å². The van der Waals surface area contributed by atoms with Crippen LogP contribution < -0.4 is 10.7 Å². The van der Waals surface area contributed by atoms with Gasteiger partial charge in [-0.15, -0.1) is 0 Å². The van der Waals surface area contributed by atoms with Crippen LogP contribution in [0.2, 0.25) is 5.02 Å². The highest BCUT2D eigenvalue weighted by molar-refractivity contribution is 7.89. The second-order valence-corrected chi connectivity index (χ2v) is 8.42. The molecule has 1 N–H and O–H groups in total. The number of aromatic nitrogens is 1. The van der Waals surface area contributed by atoms with Gasteiger partial charge in [0.25, 0.3) is 0 Å². The van der Waals surface area contributed by atoms with Crippen LogP contribution in [0.1, 0.15) is 0 Å². The van der Waals surface area contributed by atoms with Crippen molar-refractivity contribution in [3.05, 3.63) is 58.0 Å². The molecule has 0 aliphatic carbocycles. The van der Waals surface area contributed by atoms with Gasteiger partial charge in [-0.05, 0) is 30.3 Å². The third-order valence-electron chi connectivity index (χ3n) is 4.44. The van der Waals surface area contributed by atoms with Crippen LogP contribution in [0.5, 0.6) is 0 Å². The van der Waals surface area contributed by atoms with E-state index in [1.54, 1.807) is 30.3 Å². The van der Waals surface area contributed by atoms with E-state index in [1.165, 1.54) is 10.4 Å². The number of H-pyrrole nitrogens is 1. The number of hydrogen-bond donors (Lipinski definition) is 1. The van der Waals surface area contributed by atoms with Gasteiger partial charge in [-0.1, -0.05) is 17.7 Å². The van der Waals surface area contributed by atoms with Crippen LogP contribution >= 0.6 is 11.6 Å². The van der Waals surface area contributed by atoms with Crippen molar-refractivity contribution >= 4 is 38.4 Å². The molecule has 1 saturated heterocycles. The Morgan fingerprint density at radius 2 is 1.81 bits per heavy atom. The summed E-state index contributed by atoms with van der Waals surface area (Å²) in [6.45, 7) is 1.81. The Balaban J connectivity index is 1.52. The zero-order valence-corrected chi connectivity index (χ0v) is 15.3. The fourth-order valence-electron chi connectivity index (χ4n) is 3.09. The predicted octanol–water partition coefficient (Wildman–Crippen LogP) is 2.29. The topological polar surface area (TPSA) is 86.6 Å². The normalized spacial score (nSPS) is 16.3. The first-order valence-corrected chi connectivity index (χ1v) is 9.89. The van der Waals surface area contributed by atoms with E-state index in [9.17, 15) is 13.2 Å². The fraction of sp³-hybridized carbons (Fsp3) is 0.235. The van der Waals surface area contributed by atoms with E-state index in [1.807, 2.05) is 6.07 Å². The van der Waals surface area contributed by atoms with Crippen molar-refractivity contribution < 1.29 is 12.8 Å². The van der Waals surface area contributed by atoms with Gasteiger partial charge >= 0.3 is 5.76 Å². The van der Waals surface area contributed by atoms with Crippen LogP contribution in [-0.2, 0) is 10.0 Å². The van der Waals surface area contributed by atoms with E-state index >= 15 is 0 Å². The highest BCUT2D eigenvalue weighted by atomic mass is 35.5. The smallest absolute Gasteiger partial charge is 0.408 e. The average molecular weight is 394 g/mol. The van der Waals surface area contributed by atoms with Gasteiger partial charge in [0.05, 0.1) is 10.4 Å². The maximum Gasteiger partial charge on any atom is 0.417 e. The van der Waals surface area contributed by atoms with Gasteiger partial charge in [-0.2, -0.15) is 4.31 Å². The number of hydrogen-bond acceptors (Lipinski definition) is 5. The molecule has 1 fully saturated rings. The molecule has 9 heteroatoms. The Kier molecular flexibility index (Phi) is 4.26. The van der Waals surface area contributed by atoms with Crippen molar-refractivity contribution in [1.29, 1.82) is 0 Å². The lowest BCUT2D eigenvalue weighted by Gasteiger charge is -2.35. The van der Waals surface area contributed by atoms with Gasteiger partial charge < -0.3 is 9.32 Å². The van der Waals surface area contributed by atoms with Crippen molar-refractivity contribution in [2.45, 2.75) is 4.90 Å². The number of rotatable bonds is 3. The number of aromatic amines is 1. The number of sulfonamides is 1. The Bertz CT molecular complexity index is 1110. The molecule has 2 aromatic carbocycles. The summed E-state index contributed by atoms with van der Waals surface area (Å²) in [5, 5.41) is 0.394. The maximum absolute atomic E-state index is 12.8. The van der Waals surface area contributed by atoms with Crippen LogP contribution in [0.15, 0.2) is 56.6 Å². The largest absolute Gasteiger partial charge is 0.417 e. The second kappa shape index (κ2) is 6.46. The molecule has 0 atom stereocenters. The molecule has 3 aromatic rings. The van der Waals surface area contributed by atoms with Crippen molar-refractivity contribution in [2.75, 3.05) is 31.1 Å². The molecule has 136 valence electrons. The lowest BCUT2D eigenvalue weighted by molar-refractivity contribution is 0.385. The Morgan fingerprint density at radius 1 is 1.04 bits per heavy atom. The number of nitrogens with one attached hydrogen (secondary N) is 1. The molecule has 0 bridgehead atoms. The molecule has 4 rings (SSSR count). The summed E-state index contributed by atoms with van der Waals surface area (Å²) >= 11 is 5.92. The minimum atomic E-state index is -3.56. The minimum absolute atomic E-state index is 0.203. The lowest BCUT2D eigenvalue weighted by Crippen LogP contribution is -2.48. The Labute approximate surface area is 154 Å². The van der Waals surface area contributed by atoms with E-state index in [-0.39, 0.29) is 4.90 Å². The first kappa shape index (κ1) is 17.1. The van der Waals surface area contributed by atoms with Crippen molar-refractivity contribution in [3.63, 3.8) is 0 Å². The highest BCUT2D eigenvalue weighted by Gasteiger charge is 2.28. The molecule has 1 aromatic heterocycles. The molecule has 1 aliphatic heterocycles. The Hall–Kier alpha value is -2.29. The number of halogens is 1. The molecule has 1 aliphatic rings. The number of benzene rings is 2. The lowest BCUT2D eigenvalue weighted by atomic mass is 10.2. The van der Waals surface area contributed by atoms with E-state index < -0.39 is 15.8 Å². The zero-order chi connectivity index (χ0) is 18.3. The Morgan fingerprint density at radius 3 is 2.54 bits per heavy atom. The van der Waals surface area contributed by atoms with Crippen LogP contribution in [-0.4, -0.2) is 43.9 Å². The van der Waals surface area contributed by atoms with Crippen LogP contribution in [0.4, 0.5) is 5.69 Å². The number of fused-ring (bicyclic) bond motifs is 1. The number of piperazine rings is 1. The SMILES string of the molecule is O=c1[nH]c2ccc(N3CCN(S(=O)(=O)c4cccc(Cl)c4)CC3)cc2o1. The number of anilines is 1. The van der Waals surface area contributed by atoms with Crippen molar-refractivity contribution in [1.82, 2.24) is 9.29 Å². The minimum Gasteiger partial charge on any atom is -0.408 e. The van der Waals surface area contributed by atoms with Crippen LogP contribution in [0.25, 0.3) is 11.1 Å². The third kappa shape index (κ3) is 3.11. The summed E-state index contributed by atoms with van der Waals surface area (Å²) in [5.74, 6) is -0.491. The van der Waals surface area contributed by atoms with Gasteiger partial charge in [0.15, 0.2) is 5.58 Å². The summed E-state index contributed by atoms with van der Waals surface area (Å²) in [6.07, 6.45) is 0. The van der Waals surface area contributed by atoms with Crippen LogP contribution in [0, 0.1) is 0 Å². The summed E-state index contributed by atoms with van der Waals surface area (Å²) in [6, 6.07) is 11.7. The summed E-state index contributed by atoms with van der Waals surface area (Å²) < 4.78 is 32.1. The number of nitrogens with zero attached hydrogens (tertiary/aromatic N) is 2. The monoisotopic (exact) mass is 393 g/mol. The molecule has 0 saturated carbocycles. The first-order chi connectivity index (χ1) is 12.4. The van der Waals surface area contributed by atoms with Gasteiger partial charge in [0, 0.05) is 43.0 Å². The quantitative estimate of drug-likeness (QED) is 0.737. The van der Waals surface area contributed by atoms with E-state index in [0.29, 0.717) is 42.3 Å². The van der Waals surface area contributed by atoms with E-state index in [4.69, 9.17) is 16.0 Å². The van der Waals surface area contributed by atoms with Crippen molar-refractivity contribution in [2.24, 2.45) is 0 Å². The van der Waals surface area contributed by atoms with Gasteiger partial charge in [0.2, 0.25) is 10.0 Å². The third-order valence-corrected chi connectivity index (χ3v) is 6.57. The standard InChI is InChI=1S/C17H16ClN3O4S/c18-12-2-1-3-14(10-12)26(23,24)21-8-6-20(7-9-21)13-4-5-15-16(11-13)25-17(22)19-15/h1-5,10-11H,6-9H2,(H,19,22). The zero-order valence-electron chi connectivity index (χ0n) is 13.7. The number of oxazole rings is 1. The maximum atomic E-state index is 12.8. The molecule has 0 spiro atoms. The predicted molar refractivity (Wildman–Crippen MR) is 99.3 cm³/mol. The molecule has 0 unspecified atom stereocenters. The van der Waals surface area contributed by atoms with Gasteiger partial charge in [0.1, 0.15) is 0 Å². The molecular weight excluding hydrogens is 378 g/mol. The summed E-state index contributed by atoms with van der Waals surface area (Å²) in [7, 11) is -3.56. The first-order valence-electron chi connectivity index (χ1n) is 8.07. The molecule has 26 heavy (non-hydrogen) atoms. The second-order valence-electron chi connectivity index (χ2n) is 6.04. The molecule has 0 amide bonds. The van der Waals surface area contributed by atoms with Gasteiger partial charge in [-0.25, -0.2) is 13.2 Å². The summed E-state index contributed by atoms with van der Waals surface area (Å²) in [5.41, 5.74) is 2.02. The van der Waals surface area contributed by atoms with Crippen LogP contribution in [0.3, 0.4) is 0 Å². The molecular formula is C17H16ClN3O4S. The fourth-order valence-corrected chi connectivity index (χ4v) is 4.82. The van der Waals surface area contributed by atoms with E-state index in [0.717, 1.165) is 5.69 Å². The summed E-state index contributed by atoms with van der Waals surface area (Å²) in [4.78, 5) is 16.1. The highest BCUT2D eigenvalue weighted by Crippen LogP contribution is 2.24.